The molecule has 0 spiro atoms. The molecule has 3 N–H and O–H groups in total. The first kappa shape index (κ1) is 17.7. The van der Waals surface area contributed by atoms with Crippen LogP contribution in [0.4, 0.5) is 15.6 Å². The first-order valence-electron chi connectivity index (χ1n) is 7.91. The van der Waals surface area contributed by atoms with Gasteiger partial charge in [0.15, 0.2) is 4.34 Å². The molecule has 0 aliphatic heterocycles. The minimum atomic E-state index is -0.535. The number of nitrogens with one attached hydrogen (secondary N) is 3. The number of hydrogen-bond acceptors (Lipinski definition) is 7. The van der Waals surface area contributed by atoms with Gasteiger partial charge in [0.25, 0.3) is 0 Å². The minimum Gasteiger partial charge on any atom is -0.357 e. The number of anilines is 2. The van der Waals surface area contributed by atoms with E-state index in [0.29, 0.717) is 16.1 Å². The predicted octanol–water partition coefficient (Wildman–Crippen LogP) is 3.17. The summed E-state index contributed by atoms with van der Waals surface area (Å²) in [4.78, 5) is 23.9. The molecule has 0 atom stereocenters. The number of rotatable bonds is 6. The van der Waals surface area contributed by atoms with E-state index in [2.05, 4.69) is 26.1 Å². The molecule has 1 aromatic heterocycles. The summed E-state index contributed by atoms with van der Waals surface area (Å²) in [5.74, 6) is -0.266. The molecule has 2 aromatic rings. The van der Waals surface area contributed by atoms with Crippen LogP contribution in [0.3, 0.4) is 0 Å². The predicted molar refractivity (Wildman–Crippen MR) is 100 cm³/mol. The summed E-state index contributed by atoms with van der Waals surface area (Å²) in [5.41, 5.74) is 2.74. The van der Waals surface area contributed by atoms with Crippen molar-refractivity contribution in [3.05, 3.63) is 29.3 Å². The molecular weight excluding hydrogens is 358 g/mol. The minimum absolute atomic E-state index is 0.109. The van der Waals surface area contributed by atoms with E-state index in [0.717, 1.165) is 16.3 Å². The molecule has 1 aromatic carbocycles. The van der Waals surface area contributed by atoms with Gasteiger partial charge in [0.1, 0.15) is 0 Å². The maximum Gasteiger partial charge on any atom is 0.325 e. The first-order chi connectivity index (χ1) is 12.0. The van der Waals surface area contributed by atoms with Crippen LogP contribution in [0, 0.1) is 13.8 Å². The zero-order valence-corrected chi connectivity index (χ0v) is 15.6. The Bertz CT molecular complexity index is 789. The summed E-state index contributed by atoms with van der Waals surface area (Å²) >= 11 is 2.68. The number of carbonyl (C=O) groups is 2. The average molecular weight is 377 g/mol. The summed E-state index contributed by atoms with van der Waals surface area (Å²) < 4.78 is 0.702. The molecule has 0 unspecified atom stereocenters. The average Bonchev–Trinajstić information content (AvgIpc) is 3.26. The number of hydrogen-bond donors (Lipinski definition) is 3. The quantitative estimate of drug-likeness (QED) is 0.669. The Kier molecular flexibility index (Phi) is 5.54. The molecule has 1 aliphatic carbocycles. The van der Waals surface area contributed by atoms with Crippen molar-refractivity contribution in [2.24, 2.45) is 0 Å². The summed E-state index contributed by atoms with van der Waals surface area (Å²) in [5, 5.41) is 17.1. The van der Waals surface area contributed by atoms with Gasteiger partial charge in [-0.25, -0.2) is 4.79 Å². The Morgan fingerprint density at radius 3 is 2.84 bits per heavy atom. The van der Waals surface area contributed by atoms with Crippen molar-refractivity contribution in [1.82, 2.24) is 15.5 Å². The topological polar surface area (TPSA) is 96.0 Å². The molecule has 25 heavy (non-hydrogen) atoms. The van der Waals surface area contributed by atoms with E-state index in [1.807, 2.05) is 26.0 Å². The molecular formula is C16H19N5O2S2. The van der Waals surface area contributed by atoms with Crippen molar-refractivity contribution in [2.75, 3.05) is 16.4 Å². The maximum absolute atomic E-state index is 11.9. The second-order valence-electron chi connectivity index (χ2n) is 5.83. The molecule has 3 amide bonds. The van der Waals surface area contributed by atoms with Gasteiger partial charge >= 0.3 is 6.03 Å². The van der Waals surface area contributed by atoms with E-state index in [4.69, 9.17) is 0 Å². The highest BCUT2D eigenvalue weighted by Gasteiger charge is 2.22. The monoisotopic (exact) mass is 377 g/mol. The van der Waals surface area contributed by atoms with Crippen molar-refractivity contribution >= 4 is 45.9 Å². The van der Waals surface area contributed by atoms with Gasteiger partial charge in [-0.15, -0.1) is 10.2 Å². The zero-order chi connectivity index (χ0) is 17.8. The lowest BCUT2D eigenvalue weighted by Crippen LogP contribution is -2.35. The van der Waals surface area contributed by atoms with Crippen LogP contribution in [0.5, 0.6) is 0 Å². The fraction of sp³-hybridized carbons (Fsp3) is 0.375. The number of aromatic nitrogens is 2. The molecule has 0 bridgehead atoms. The van der Waals surface area contributed by atoms with E-state index in [-0.39, 0.29) is 11.7 Å². The van der Waals surface area contributed by atoms with Crippen molar-refractivity contribution < 1.29 is 9.59 Å². The largest absolute Gasteiger partial charge is 0.357 e. The molecule has 7 nitrogen and oxygen atoms in total. The zero-order valence-electron chi connectivity index (χ0n) is 14.0. The van der Waals surface area contributed by atoms with Crippen LogP contribution in [0.15, 0.2) is 22.5 Å². The lowest BCUT2D eigenvalue weighted by molar-refractivity contribution is -0.117. The summed E-state index contributed by atoms with van der Waals surface area (Å²) in [6, 6.07) is 5.61. The van der Waals surface area contributed by atoms with E-state index in [1.165, 1.54) is 35.9 Å². The lowest BCUT2D eigenvalue weighted by atomic mass is 10.1. The van der Waals surface area contributed by atoms with E-state index in [1.54, 1.807) is 6.07 Å². The molecule has 0 saturated heterocycles. The Morgan fingerprint density at radius 2 is 2.08 bits per heavy atom. The van der Waals surface area contributed by atoms with Crippen LogP contribution in [0.1, 0.15) is 24.0 Å². The third-order valence-electron chi connectivity index (χ3n) is 3.74. The van der Waals surface area contributed by atoms with Crippen molar-refractivity contribution in [3.63, 3.8) is 0 Å². The van der Waals surface area contributed by atoms with E-state index in [9.17, 15) is 9.59 Å². The fourth-order valence-electron chi connectivity index (χ4n) is 2.06. The van der Waals surface area contributed by atoms with Crippen LogP contribution >= 0.6 is 23.1 Å². The molecule has 1 aliphatic rings. The number of carbonyl (C=O) groups excluding carboxylic acids is 2. The maximum atomic E-state index is 11.9. The lowest BCUT2D eigenvalue weighted by Gasteiger charge is -2.10. The normalized spacial score (nSPS) is 13.4. The second kappa shape index (κ2) is 7.83. The van der Waals surface area contributed by atoms with Gasteiger partial charge in [-0.1, -0.05) is 35.2 Å². The third kappa shape index (κ3) is 5.17. The van der Waals surface area contributed by atoms with Gasteiger partial charge in [0.05, 0.1) is 5.75 Å². The molecule has 1 heterocycles. The van der Waals surface area contributed by atoms with Gasteiger partial charge in [0, 0.05) is 11.7 Å². The van der Waals surface area contributed by atoms with Crippen molar-refractivity contribution in [1.29, 1.82) is 0 Å². The van der Waals surface area contributed by atoms with Gasteiger partial charge in [-0.3, -0.25) is 10.1 Å². The van der Waals surface area contributed by atoms with Gasteiger partial charge < -0.3 is 10.6 Å². The summed E-state index contributed by atoms with van der Waals surface area (Å²) in [6.07, 6.45) is 2.33. The van der Waals surface area contributed by atoms with Crippen LogP contribution in [0.25, 0.3) is 0 Å². The molecule has 3 rings (SSSR count). The van der Waals surface area contributed by atoms with Crippen molar-refractivity contribution in [3.8, 4) is 0 Å². The second-order valence-corrected chi connectivity index (χ2v) is 8.03. The van der Waals surface area contributed by atoms with E-state index >= 15 is 0 Å². The Balaban J connectivity index is 1.44. The number of urea groups is 1. The SMILES string of the molecule is Cc1cccc(NC(=O)NC(=O)CSc2nnc(NC3CC3)s2)c1C. The first-order valence-corrected chi connectivity index (χ1v) is 9.71. The highest BCUT2D eigenvalue weighted by molar-refractivity contribution is 8.01. The highest BCUT2D eigenvalue weighted by Crippen LogP contribution is 2.30. The van der Waals surface area contributed by atoms with Gasteiger partial charge in [-0.2, -0.15) is 0 Å². The van der Waals surface area contributed by atoms with Crippen LogP contribution in [-0.4, -0.2) is 33.9 Å². The smallest absolute Gasteiger partial charge is 0.325 e. The van der Waals surface area contributed by atoms with Crippen molar-refractivity contribution in [2.45, 2.75) is 37.1 Å². The van der Waals surface area contributed by atoms with Crippen LogP contribution < -0.4 is 16.0 Å². The van der Waals surface area contributed by atoms with Gasteiger partial charge in [-0.05, 0) is 43.9 Å². The summed E-state index contributed by atoms with van der Waals surface area (Å²) in [6.45, 7) is 3.89. The number of imide groups is 1. The molecule has 132 valence electrons. The molecule has 1 fully saturated rings. The Labute approximate surface area is 154 Å². The fourth-order valence-corrected chi connectivity index (χ4v) is 3.69. The number of amides is 3. The molecule has 0 radical (unpaired) electrons. The number of thioether (sulfide) groups is 1. The summed E-state index contributed by atoms with van der Waals surface area (Å²) in [7, 11) is 0. The number of aryl methyl sites for hydroxylation is 1. The van der Waals surface area contributed by atoms with Crippen LogP contribution in [-0.2, 0) is 4.79 Å². The standard InChI is InChI=1S/C16H19N5O2S2/c1-9-4-3-5-12(10(9)2)18-14(23)19-13(22)8-24-16-21-20-15(25-16)17-11-6-7-11/h3-5,11H,6-8H2,1-2H3,(H,17,20)(H2,18,19,22,23). The third-order valence-corrected chi connectivity index (χ3v) is 5.73. The van der Waals surface area contributed by atoms with Crippen LogP contribution in [0.2, 0.25) is 0 Å². The Morgan fingerprint density at radius 1 is 1.28 bits per heavy atom. The highest BCUT2D eigenvalue weighted by atomic mass is 32.2. The molecule has 1 saturated carbocycles. The van der Waals surface area contributed by atoms with Gasteiger partial charge in [0.2, 0.25) is 11.0 Å². The Hall–Kier alpha value is -2.13. The molecule has 9 heteroatoms. The number of benzene rings is 1. The van der Waals surface area contributed by atoms with E-state index < -0.39 is 6.03 Å². The number of nitrogens with zero attached hydrogens (tertiary/aromatic N) is 2.